The molecule has 1 N–H and O–H groups in total. The molecule has 16 heavy (non-hydrogen) atoms. The van der Waals surface area contributed by atoms with Crippen LogP contribution in [0.3, 0.4) is 0 Å². The Balaban J connectivity index is 1.83. The molecular formula is C11H13BrN4. The van der Waals surface area contributed by atoms with Crippen LogP contribution in [0.15, 0.2) is 22.8 Å². The van der Waals surface area contributed by atoms with E-state index < -0.39 is 0 Å². The molecule has 1 aliphatic carbocycles. The summed E-state index contributed by atoms with van der Waals surface area (Å²) >= 11 is 3.42. The van der Waals surface area contributed by atoms with Crippen molar-refractivity contribution in [2.45, 2.75) is 25.8 Å². The second kappa shape index (κ2) is 3.73. The second-order valence-electron chi connectivity index (χ2n) is 4.24. The Morgan fingerprint density at radius 3 is 3.19 bits per heavy atom. The van der Waals surface area contributed by atoms with Gasteiger partial charge < -0.3 is 5.32 Å². The van der Waals surface area contributed by atoms with Gasteiger partial charge in [0.05, 0.1) is 0 Å². The molecule has 2 unspecified atom stereocenters. The molecule has 3 rings (SSSR count). The Labute approximate surface area is 102 Å². The van der Waals surface area contributed by atoms with Crippen LogP contribution in [0.2, 0.25) is 0 Å². The fraction of sp³-hybridized carbons (Fsp3) is 0.455. The van der Waals surface area contributed by atoms with Crippen molar-refractivity contribution in [3.63, 3.8) is 0 Å². The van der Waals surface area contributed by atoms with Gasteiger partial charge in [-0.1, -0.05) is 13.3 Å². The van der Waals surface area contributed by atoms with E-state index >= 15 is 0 Å². The molecule has 2 aromatic rings. The first-order valence-corrected chi connectivity index (χ1v) is 6.34. The highest BCUT2D eigenvalue weighted by molar-refractivity contribution is 9.10. The molecule has 0 radical (unpaired) electrons. The first-order valence-electron chi connectivity index (χ1n) is 5.54. The number of anilines is 1. The molecule has 2 aromatic heterocycles. The Kier molecular flexibility index (Phi) is 2.35. The molecule has 0 aromatic carbocycles. The molecule has 2 heterocycles. The van der Waals surface area contributed by atoms with Gasteiger partial charge in [0.15, 0.2) is 5.65 Å². The van der Waals surface area contributed by atoms with Crippen LogP contribution in [0.5, 0.6) is 0 Å². The summed E-state index contributed by atoms with van der Waals surface area (Å²) in [6.07, 6.45) is 4.39. The molecule has 0 saturated heterocycles. The van der Waals surface area contributed by atoms with Gasteiger partial charge in [0.2, 0.25) is 5.95 Å². The zero-order valence-electron chi connectivity index (χ0n) is 9.02. The van der Waals surface area contributed by atoms with E-state index in [1.54, 1.807) is 4.52 Å². The predicted molar refractivity (Wildman–Crippen MR) is 66.5 cm³/mol. The summed E-state index contributed by atoms with van der Waals surface area (Å²) in [5, 5.41) is 7.75. The van der Waals surface area contributed by atoms with E-state index in [1.165, 1.54) is 12.8 Å². The Bertz CT molecular complexity index is 522. The zero-order chi connectivity index (χ0) is 11.1. The maximum Gasteiger partial charge on any atom is 0.243 e. The maximum atomic E-state index is 4.42. The monoisotopic (exact) mass is 280 g/mol. The third kappa shape index (κ3) is 1.80. The van der Waals surface area contributed by atoms with E-state index in [-0.39, 0.29) is 0 Å². The van der Waals surface area contributed by atoms with Crippen molar-refractivity contribution in [2.75, 3.05) is 5.32 Å². The van der Waals surface area contributed by atoms with E-state index in [4.69, 9.17) is 0 Å². The summed E-state index contributed by atoms with van der Waals surface area (Å²) in [6.45, 7) is 2.22. The molecule has 0 spiro atoms. The van der Waals surface area contributed by atoms with E-state index in [1.807, 2.05) is 18.3 Å². The standard InChI is InChI=1S/C11H13BrN4/c1-2-7-5-9(7)13-11-14-10-4-3-8(12)6-16(10)15-11/h3-4,6-7,9H,2,5H2,1H3,(H,13,15). The number of pyridine rings is 1. The van der Waals surface area contributed by atoms with Gasteiger partial charge in [-0.25, -0.2) is 4.52 Å². The molecule has 0 amide bonds. The fourth-order valence-electron chi connectivity index (χ4n) is 1.96. The third-order valence-electron chi connectivity index (χ3n) is 3.06. The third-order valence-corrected chi connectivity index (χ3v) is 3.53. The van der Waals surface area contributed by atoms with Gasteiger partial charge in [-0.3, -0.25) is 0 Å². The highest BCUT2D eigenvalue weighted by Crippen LogP contribution is 2.35. The van der Waals surface area contributed by atoms with Gasteiger partial charge in [0, 0.05) is 16.7 Å². The number of halogens is 1. The lowest BCUT2D eigenvalue weighted by atomic mass is 10.3. The quantitative estimate of drug-likeness (QED) is 0.940. The number of hydrogen-bond acceptors (Lipinski definition) is 3. The van der Waals surface area contributed by atoms with Crippen LogP contribution in [-0.4, -0.2) is 20.6 Å². The summed E-state index contributed by atoms with van der Waals surface area (Å²) in [7, 11) is 0. The van der Waals surface area contributed by atoms with Crippen molar-refractivity contribution in [3.05, 3.63) is 22.8 Å². The second-order valence-corrected chi connectivity index (χ2v) is 5.16. The number of nitrogens with one attached hydrogen (secondary N) is 1. The normalized spacial score (nSPS) is 23.6. The molecular weight excluding hydrogens is 268 g/mol. The van der Waals surface area contributed by atoms with E-state index in [9.17, 15) is 0 Å². The van der Waals surface area contributed by atoms with Crippen LogP contribution in [0.4, 0.5) is 5.95 Å². The zero-order valence-corrected chi connectivity index (χ0v) is 10.6. The smallest absolute Gasteiger partial charge is 0.243 e. The van der Waals surface area contributed by atoms with Crippen LogP contribution >= 0.6 is 15.9 Å². The van der Waals surface area contributed by atoms with Crippen LogP contribution in [-0.2, 0) is 0 Å². The van der Waals surface area contributed by atoms with Gasteiger partial charge in [-0.15, -0.1) is 5.10 Å². The van der Waals surface area contributed by atoms with Crippen LogP contribution in [0.25, 0.3) is 5.65 Å². The molecule has 2 atom stereocenters. The summed E-state index contributed by atoms with van der Waals surface area (Å²) in [4.78, 5) is 4.42. The van der Waals surface area contributed by atoms with Gasteiger partial charge >= 0.3 is 0 Å². The fourth-order valence-corrected chi connectivity index (χ4v) is 2.29. The van der Waals surface area contributed by atoms with Gasteiger partial charge in [0.25, 0.3) is 0 Å². The molecule has 4 nitrogen and oxygen atoms in total. The molecule has 0 aliphatic heterocycles. The molecule has 5 heteroatoms. The largest absolute Gasteiger partial charge is 0.350 e. The molecule has 0 bridgehead atoms. The van der Waals surface area contributed by atoms with Crippen molar-refractivity contribution in [2.24, 2.45) is 5.92 Å². The van der Waals surface area contributed by atoms with Gasteiger partial charge in [-0.05, 0) is 40.4 Å². The molecule has 84 valence electrons. The number of nitrogens with zero attached hydrogens (tertiary/aromatic N) is 3. The minimum atomic E-state index is 0.575. The van der Waals surface area contributed by atoms with Crippen molar-refractivity contribution in [1.82, 2.24) is 14.6 Å². The number of rotatable bonds is 3. The van der Waals surface area contributed by atoms with Crippen LogP contribution in [0, 0.1) is 5.92 Å². The summed E-state index contributed by atoms with van der Waals surface area (Å²) in [5.74, 6) is 1.54. The van der Waals surface area contributed by atoms with Crippen molar-refractivity contribution >= 4 is 27.5 Å². The highest BCUT2D eigenvalue weighted by atomic mass is 79.9. The average molecular weight is 281 g/mol. The number of fused-ring (bicyclic) bond motifs is 1. The lowest BCUT2D eigenvalue weighted by molar-refractivity contribution is 0.771. The Morgan fingerprint density at radius 2 is 2.44 bits per heavy atom. The lowest BCUT2D eigenvalue weighted by Crippen LogP contribution is -2.05. The Hall–Kier alpha value is -1.10. The molecule has 1 aliphatic rings. The number of hydrogen-bond donors (Lipinski definition) is 1. The molecule has 1 fully saturated rings. The van der Waals surface area contributed by atoms with Crippen LogP contribution < -0.4 is 5.32 Å². The van der Waals surface area contributed by atoms with Gasteiger partial charge in [0.1, 0.15) is 0 Å². The first kappa shape index (κ1) is 10.1. The summed E-state index contributed by atoms with van der Waals surface area (Å²) in [6, 6.07) is 4.50. The Morgan fingerprint density at radius 1 is 1.56 bits per heavy atom. The van der Waals surface area contributed by atoms with Crippen LogP contribution in [0.1, 0.15) is 19.8 Å². The summed E-state index contributed by atoms with van der Waals surface area (Å²) in [5.41, 5.74) is 0.874. The van der Waals surface area contributed by atoms with E-state index in [2.05, 4.69) is 38.3 Å². The SMILES string of the molecule is CCC1CC1Nc1nc2ccc(Br)cn2n1. The molecule has 1 saturated carbocycles. The van der Waals surface area contributed by atoms with E-state index in [0.29, 0.717) is 6.04 Å². The van der Waals surface area contributed by atoms with Crippen molar-refractivity contribution in [1.29, 1.82) is 0 Å². The van der Waals surface area contributed by atoms with Crippen molar-refractivity contribution in [3.8, 4) is 0 Å². The topological polar surface area (TPSA) is 42.2 Å². The first-order chi connectivity index (χ1) is 7.76. The minimum Gasteiger partial charge on any atom is -0.350 e. The van der Waals surface area contributed by atoms with Crippen molar-refractivity contribution < 1.29 is 0 Å². The lowest BCUT2D eigenvalue weighted by Gasteiger charge is -1.97. The van der Waals surface area contributed by atoms with Gasteiger partial charge in [-0.2, -0.15) is 4.98 Å². The van der Waals surface area contributed by atoms with E-state index in [0.717, 1.165) is 22.0 Å². The average Bonchev–Trinajstić information content (AvgIpc) is 2.88. The summed E-state index contributed by atoms with van der Waals surface area (Å²) < 4.78 is 2.80. The maximum absolute atomic E-state index is 4.42. The number of aromatic nitrogens is 3. The highest BCUT2D eigenvalue weighted by Gasteiger charge is 2.35. The minimum absolute atomic E-state index is 0.575. The predicted octanol–water partition coefficient (Wildman–Crippen LogP) is 2.70.